The highest BCUT2D eigenvalue weighted by atomic mass is 79.9. The van der Waals surface area contributed by atoms with E-state index >= 15 is 0 Å². The first-order valence-corrected chi connectivity index (χ1v) is 7.34. The molecule has 19 heavy (non-hydrogen) atoms. The second-order valence-electron chi connectivity index (χ2n) is 5.09. The lowest BCUT2D eigenvalue weighted by Crippen LogP contribution is -2.21. The molecule has 0 aliphatic heterocycles. The number of halogens is 1. The van der Waals surface area contributed by atoms with Crippen molar-refractivity contribution in [2.75, 3.05) is 0 Å². The van der Waals surface area contributed by atoms with E-state index in [2.05, 4.69) is 65.3 Å². The van der Waals surface area contributed by atoms with Gasteiger partial charge in [-0.2, -0.15) is 5.10 Å². The second kappa shape index (κ2) is 6.35. The summed E-state index contributed by atoms with van der Waals surface area (Å²) in [4.78, 5) is 0. The minimum absolute atomic E-state index is 0.505. The third-order valence-corrected chi connectivity index (χ3v) is 3.82. The molecule has 0 aliphatic rings. The zero-order chi connectivity index (χ0) is 13.8. The van der Waals surface area contributed by atoms with E-state index in [9.17, 15) is 0 Å². The minimum atomic E-state index is 0.505. The maximum atomic E-state index is 4.32. The Labute approximate surface area is 123 Å². The molecule has 1 N–H and O–H groups in total. The Morgan fingerprint density at radius 2 is 2.11 bits per heavy atom. The molecule has 0 bridgehead atoms. The standard InChI is InChI=1S/C15H20BrN3/c1-11(2)17-9-13-4-5-14(15(16)8-13)10-19-12(3)6-7-18-19/h4-8,11,17H,9-10H2,1-3H3. The molecule has 0 saturated carbocycles. The maximum Gasteiger partial charge on any atom is 0.0673 e. The molecule has 0 unspecified atom stereocenters. The van der Waals surface area contributed by atoms with Gasteiger partial charge < -0.3 is 5.32 Å². The number of benzene rings is 1. The molecule has 1 aromatic heterocycles. The van der Waals surface area contributed by atoms with Crippen LogP contribution in [0.15, 0.2) is 34.9 Å². The van der Waals surface area contributed by atoms with Gasteiger partial charge in [-0.3, -0.25) is 4.68 Å². The fourth-order valence-corrected chi connectivity index (χ4v) is 2.43. The van der Waals surface area contributed by atoms with E-state index < -0.39 is 0 Å². The first kappa shape index (κ1) is 14.3. The van der Waals surface area contributed by atoms with Crippen LogP contribution in [-0.4, -0.2) is 15.8 Å². The maximum absolute atomic E-state index is 4.32. The van der Waals surface area contributed by atoms with Crippen molar-refractivity contribution in [1.29, 1.82) is 0 Å². The van der Waals surface area contributed by atoms with Gasteiger partial charge in [-0.15, -0.1) is 0 Å². The highest BCUT2D eigenvalue weighted by Gasteiger charge is 2.05. The van der Waals surface area contributed by atoms with E-state index in [0.29, 0.717) is 6.04 Å². The van der Waals surface area contributed by atoms with Gasteiger partial charge in [-0.1, -0.05) is 41.9 Å². The van der Waals surface area contributed by atoms with Crippen molar-refractivity contribution in [2.45, 2.75) is 39.9 Å². The van der Waals surface area contributed by atoms with E-state index in [4.69, 9.17) is 0 Å². The molecular weight excluding hydrogens is 302 g/mol. The third-order valence-electron chi connectivity index (χ3n) is 3.08. The van der Waals surface area contributed by atoms with Crippen LogP contribution < -0.4 is 5.32 Å². The van der Waals surface area contributed by atoms with Crippen molar-refractivity contribution in [3.63, 3.8) is 0 Å². The number of nitrogens with zero attached hydrogens (tertiary/aromatic N) is 2. The van der Waals surface area contributed by atoms with Crippen LogP contribution >= 0.6 is 15.9 Å². The molecule has 2 aromatic rings. The summed E-state index contributed by atoms with van der Waals surface area (Å²) in [6.45, 7) is 8.09. The number of rotatable bonds is 5. The Morgan fingerprint density at radius 3 is 2.68 bits per heavy atom. The van der Waals surface area contributed by atoms with Crippen LogP contribution in [0.1, 0.15) is 30.7 Å². The molecule has 0 spiro atoms. The highest BCUT2D eigenvalue weighted by Crippen LogP contribution is 2.20. The molecule has 0 saturated heterocycles. The zero-order valence-corrected chi connectivity index (χ0v) is 13.2. The normalized spacial score (nSPS) is 11.2. The molecule has 2 rings (SSSR count). The fourth-order valence-electron chi connectivity index (χ4n) is 1.88. The zero-order valence-electron chi connectivity index (χ0n) is 11.7. The Morgan fingerprint density at radius 1 is 1.32 bits per heavy atom. The van der Waals surface area contributed by atoms with Crippen molar-refractivity contribution < 1.29 is 0 Å². The van der Waals surface area contributed by atoms with Gasteiger partial charge in [0.15, 0.2) is 0 Å². The molecule has 1 aromatic carbocycles. The Kier molecular flexibility index (Phi) is 4.77. The topological polar surface area (TPSA) is 29.9 Å². The largest absolute Gasteiger partial charge is 0.310 e. The smallest absolute Gasteiger partial charge is 0.0673 e. The summed E-state index contributed by atoms with van der Waals surface area (Å²) in [6.07, 6.45) is 1.84. The van der Waals surface area contributed by atoms with Crippen molar-refractivity contribution in [2.24, 2.45) is 0 Å². The molecule has 0 atom stereocenters. The SMILES string of the molecule is Cc1ccnn1Cc1ccc(CNC(C)C)cc1Br. The van der Waals surface area contributed by atoms with Crippen LogP contribution in [0, 0.1) is 6.92 Å². The van der Waals surface area contributed by atoms with E-state index in [-0.39, 0.29) is 0 Å². The van der Waals surface area contributed by atoms with E-state index in [1.165, 1.54) is 16.8 Å². The van der Waals surface area contributed by atoms with Crippen LogP contribution in [0.2, 0.25) is 0 Å². The third kappa shape index (κ3) is 3.91. The summed E-state index contributed by atoms with van der Waals surface area (Å²) in [6, 6.07) is 9.06. The first-order chi connectivity index (χ1) is 9.06. The van der Waals surface area contributed by atoms with Crippen molar-refractivity contribution in [3.05, 3.63) is 51.8 Å². The fraction of sp³-hybridized carbons (Fsp3) is 0.400. The lowest BCUT2D eigenvalue weighted by Gasteiger charge is -2.11. The Hall–Kier alpha value is -1.13. The van der Waals surface area contributed by atoms with Gasteiger partial charge >= 0.3 is 0 Å². The summed E-state index contributed by atoms with van der Waals surface area (Å²) in [5.74, 6) is 0. The molecule has 3 nitrogen and oxygen atoms in total. The van der Waals surface area contributed by atoms with Crippen molar-refractivity contribution in [1.82, 2.24) is 15.1 Å². The number of aromatic nitrogens is 2. The van der Waals surface area contributed by atoms with Gasteiger partial charge in [-0.05, 0) is 30.2 Å². The summed E-state index contributed by atoms with van der Waals surface area (Å²) in [7, 11) is 0. The summed E-state index contributed by atoms with van der Waals surface area (Å²) >= 11 is 3.66. The van der Waals surface area contributed by atoms with Gasteiger partial charge in [0.1, 0.15) is 0 Å². The van der Waals surface area contributed by atoms with E-state index in [1.54, 1.807) is 0 Å². The average molecular weight is 322 g/mol. The molecule has 0 aliphatic carbocycles. The van der Waals surface area contributed by atoms with Gasteiger partial charge in [-0.25, -0.2) is 0 Å². The van der Waals surface area contributed by atoms with Crippen LogP contribution in [-0.2, 0) is 13.1 Å². The molecule has 102 valence electrons. The van der Waals surface area contributed by atoms with Gasteiger partial charge in [0.25, 0.3) is 0 Å². The minimum Gasteiger partial charge on any atom is -0.310 e. The highest BCUT2D eigenvalue weighted by molar-refractivity contribution is 9.10. The molecule has 0 fully saturated rings. The summed E-state index contributed by atoms with van der Waals surface area (Å²) in [5, 5.41) is 7.74. The number of hydrogen-bond donors (Lipinski definition) is 1. The summed E-state index contributed by atoms with van der Waals surface area (Å²) < 4.78 is 3.15. The Bertz CT molecular complexity index is 546. The second-order valence-corrected chi connectivity index (χ2v) is 5.95. The van der Waals surface area contributed by atoms with Gasteiger partial charge in [0.2, 0.25) is 0 Å². The molecular formula is C15H20BrN3. The Balaban J connectivity index is 2.09. The van der Waals surface area contributed by atoms with Crippen molar-refractivity contribution >= 4 is 15.9 Å². The molecule has 0 radical (unpaired) electrons. The van der Waals surface area contributed by atoms with Gasteiger partial charge in [0, 0.05) is 29.0 Å². The number of aryl methyl sites for hydroxylation is 1. The van der Waals surface area contributed by atoms with E-state index in [0.717, 1.165) is 17.6 Å². The van der Waals surface area contributed by atoms with Crippen LogP contribution in [0.5, 0.6) is 0 Å². The lowest BCUT2D eigenvalue weighted by atomic mass is 10.1. The van der Waals surface area contributed by atoms with Crippen LogP contribution in [0.25, 0.3) is 0 Å². The molecule has 4 heteroatoms. The lowest BCUT2D eigenvalue weighted by molar-refractivity contribution is 0.588. The quantitative estimate of drug-likeness (QED) is 0.913. The first-order valence-electron chi connectivity index (χ1n) is 6.55. The average Bonchev–Trinajstić information content (AvgIpc) is 2.75. The van der Waals surface area contributed by atoms with Crippen LogP contribution in [0.4, 0.5) is 0 Å². The molecule has 0 amide bonds. The van der Waals surface area contributed by atoms with Crippen molar-refractivity contribution in [3.8, 4) is 0 Å². The number of hydrogen-bond acceptors (Lipinski definition) is 2. The number of nitrogens with one attached hydrogen (secondary N) is 1. The van der Waals surface area contributed by atoms with Crippen LogP contribution in [0.3, 0.4) is 0 Å². The molecule has 1 heterocycles. The van der Waals surface area contributed by atoms with Gasteiger partial charge in [0.05, 0.1) is 6.54 Å². The summed E-state index contributed by atoms with van der Waals surface area (Å²) in [5.41, 5.74) is 3.72. The van der Waals surface area contributed by atoms with E-state index in [1.807, 2.05) is 16.9 Å². The monoisotopic (exact) mass is 321 g/mol. The predicted molar refractivity (Wildman–Crippen MR) is 82.2 cm³/mol. The predicted octanol–water partition coefficient (Wildman–Crippen LogP) is 3.50.